The minimum atomic E-state index is -5.12. The number of rotatable bonds is 0. The van der Waals surface area contributed by atoms with Crippen molar-refractivity contribution in [3.63, 3.8) is 0 Å². The van der Waals surface area contributed by atoms with E-state index in [1.54, 1.807) is 0 Å². The molecular formula is H3MnNaNiO4. The van der Waals surface area contributed by atoms with Crippen molar-refractivity contribution in [2.24, 2.45) is 0 Å². The molecular weight excluding hydrogens is 201 g/mol. The molecule has 0 bridgehead atoms. The van der Waals surface area contributed by atoms with Gasteiger partial charge in [-0.2, -0.15) is 0 Å². The van der Waals surface area contributed by atoms with Crippen LogP contribution in [-0.2, 0) is 37.5 Å². The summed E-state index contributed by atoms with van der Waals surface area (Å²) < 4.78 is 31.8. The summed E-state index contributed by atoms with van der Waals surface area (Å²) in [6.07, 6.45) is 0. The van der Waals surface area contributed by atoms with E-state index in [9.17, 15) is 0 Å². The Kier molecular flexibility index (Phi) is 12.8. The molecule has 0 amide bonds. The summed E-state index contributed by atoms with van der Waals surface area (Å²) >= 11 is -5.12. The van der Waals surface area contributed by atoms with E-state index in [0.717, 1.165) is 0 Å². The summed E-state index contributed by atoms with van der Waals surface area (Å²) in [5.74, 6) is 0. The van der Waals surface area contributed by atoms with E-state index in [2.05, 4.69) is 0 Å². The van der Waals surface area contributed by atoms with Gasteiger partial charge in [0.05, 0.1) is 0 Å². The molecule has 0 rings (SSSR count). The summed E-state index contributed by atoms with van der Waals surface area (Å²) in [5, 5.41) is 0. The van der Waals surface area contributed by atoms with Crippen molar-refractivity contribution in [2.75, 3.05) is 0 Å². The molecule has 45 valence electrons. The van der Waals surface area contributed by atoms with Crippen LogP contribution in [0.15, 0.2) is 0 Å². The van der Waals surface area contributed by atoms with Crippen LogP contribution >= 0.6 is 0 Å². The molecule has 2 N–H and O–H groups in total. The van der Waals surface area contributed by atoms with E-state index >= 15 is 0 Å². The average molecular weight is 204 g/mol. The van der Waals surface area contributed by atoms with Crippen LogP contribution < -0.4 is 0 Å². The van der Waals surface area contributed by atoms with Crippen LogP contribution in [0.1, 0.15) is 0 Å². The predicted octanol–water partition coefficient (Wildman–Crippen LogP) is -2.01. The fourth-order valence-electron chi connectivity index (χ4n) is 0. The SMILES string of the molecule is [NaH].[Ni].[O]=[Mn](=[O])([OH])[OH]. The van der Waals surface area contributed by atoms with Gasteiger partial charge in [-0.1, -0.05) is 0 Å². The van der Waals surface area contributed by atoms with E-state index in [0.29, 0.717) is 0 Å². The van der Waals surface area contributed by atoms with Crippen LogP contribution in [0, 0.1) is 0 Å². The van der Waals surface area contributed by atoms with Gasteiger partial charge in [0.15, 0.2) is 0 Å². The molecule has 0 unspecified atom stereocenters. The average Bonchev–Trinajstić information content (AvgIpc) is 0.722. The molecule has 0 saturated carbocycles. The Morgan fingerprint density at radius 2 is 1.14 bits per heavy atom. The quantitative estimate of drug-likeness (QED) is 0.447. The van der Waals surface area contributed by atoms with E-state index in [4.69, 9.17) is 16.0 Å². The Bertz CT molecular complexity index is 94.9. The minimum absolute atomic E-state index is 0. The van der Waals surface area contributed by atoms with Crippen molar-refractivity contribution in [3.8, 4) is 0 Å². The molecule has 0 radical (unpaired) electrons. The summed E-state index contributed by atoms with van der Waals surface area (Å²) in [4.78, 5) is 0. The van der Waals surface area contributed by atoms with Crippen molar-refractivity contribution in [1.82, 2.24) is 0 Å². The fourth-order valence-corrected chi connectivity index (χ4v) is 0. The molecule has 0 spiro atoms. The first-order chi connectivity index (χ1) is 2.00. The fraction of sp³-hybridized carbons (Fsp3) is 0. The molecule has 0 aliphatic rings. The molecule has 0 fully saturated rings. The zero-order valence-corrected chi connectivity index (χ0v) is 4.57. The van der Waals surface area contributed by atoms with E-state index < -0.39 is 13.4 Å². The molecule has 0 heterocycles. The monoisotopic (exact) mass is 203 g/mol. The molecule has 4 nitrogen and oxygen atoms in total. The topological polar surface area (TPSA) is 74.6 Å². The molecule has 7 heteroatoms. The van der Waals surface area contributed by atoms with Crippen molar-refractivity contribution in [3.05, 3.63) is 0 Å². The van der Waals surface area contributed by atoms with Crippen molar-refractivity contribution < 1.29 is 45.9 Å². The van der Waals surface area contributed by atoms with Crippen LogP contribution in [0.2, 0.25) is 0 Å². The van der Waals surface area contributed by atoms with Gasteiger partial charge in [0, 0.05) is 16.5 Å². The molecule has 0 aromatic heterocycles. The molecule has 0 aromatic carbocycles. The van der Waals surface area contributed by atoms with Gasteiger partial charge in [-0.25, -0.2) is 0 Å². The third kappa shape index (κ3) is 98.1. The Labute approximate surface area is 74.8 Å². The second-order valence-corrected chi connectivity index (χ2v) is 1.71. The van der Waals surface area contributed by atoms with Gasteiger partial charge in [-0.3, -0.25) is 0 Å². The van der Waals surface area contributed by atoms with E-state index in [1.807, 2.05) is 0 Å². The molecule has 0 aromatic rings. The van der Waals surface area contributed by atoms with Gasteiger partial charge in [0.1, 0.15) is 0 Å². The van der Waals surface area contributed by atoms with Crippen molar-refractivity contribution in [2.45, 2.75) is 0 Å². The molecule has 0 saturated heterocycles. The first-order valence-corrected chi connectivity index (χ1v) is 2.67. The third-order valence-electron chi connectivity index (χ3n) is 0. The number of hydrogen-bond donors (Lipinski definition) is 2. The van der Waals surface area contributed by atoms with Gasteiger partial charge in [-0.15, -0.1) is 0 Å². The van der Waals surface area contributed by atoms with E-state index in [1.165, 1.54) is 0 Å². The Balaban J connectivity index is -0.0000000800. The van der Waals surface area contributed by atoms with Crippen LogP contribution in [0.25, 0.3) is 0 Å². The van der Waals surface area contributed by atoms with Crippen LogP contribution in [0.5, 0.6) is 0 Å². The summed E-state index contributed by atoms with van der Waals surface area (Å²) in [6, 6.07) is 0. The van der Waals surface area contributed by atoms with Crippen molar-refractivity contribution in [1.29, 1.82) is 0 Å². The molecule has 0 aliphatic heterocycles. The van der Waals surface area contributed by atoms with Crippen LogP contribution in [0.3, 0.4) is 0 Å². The normalized spacial score (nSPS) is 8.29. The standard InChI is InChI=1S/Mn.Na.Ni.2H2O.2O.H/h;;;2*1H2;;;/q+2;;;;;;;/p-2. The van der Waals surface area contributed by atoms with Gasteiger partial charge in [-0.05, 0) is 0 Å². The first-order valence-electron chi connectivity index (χ1n) is 0.647. The number of hydrogen-bond acceptors (Lipinski definition) is 2. The molecule has 7 heavy (non-hydrogen) atoms. The van der Waals surface area contributed by atoms with Gasteiger partial charge >= 0.3 is 59.0 Å². The summed E-state index contributed by atoms with van der Waals surface area (Å²) in [6.45, 7) is 0. The predicted molar refractivity (Wildman–Crippen MR) is 13.0 cm³/mol. The summed E-state index contributed by atoms with van der Waals surface area (Å²) in [5.41, 5.74) is 0. The third-order valence-corrected chi connectivity index (χ3v) is 0. The molecule has 0 aliphatic carbocycles. The van der Waals surface area contributed by atoms with Crippen molar-refractivity contribution >= 4 is 29.6 Å². The Morgan fingerprint density at radius 1 is 1.14 bits per heavy atom. The second kappa shape index (κ2) is 5.67. The van der Waals surface area contributed by atoms with Gasteiger partial charge < -0.3 is 0 Å². The van der Waals surface area contributed by atoms with E-state index in [-0.39, 0.29) is 46.0 Å². The zero-order valence-electron chi connectivity index (χ0n) is 2.41. The Morgan fingerprint density at radius 3 is 1.14 bits per heavy atom. The first kappa shape index (κ1) is 15.8. The maximum absolute atomic E-state index is 8.80. The molecule has 0 atom stereocenters. The van der Waals surface area contributed by atoms with Gasteiger partial charge in [0.25, 0.3) is 0 Å². The zero-order chi connectivity index (χ0) is 4.50. The van der Waals surface area contributed by atoms with Crippen LogP contribution in [-0.4, -0.2) is 37.9 Å². The second-order valence-electron chi connectivity index (χ2n) is 0.415. The van der Waals surface area contributed by atoms with Crippen LogP contribution in [0.4, 0.5) is 0 Å². The Hall–Kier alpha value is 1.53. The summed E-state index contributed by atoms with van der Waals surface area (Å²) in [7, 11) is 0. The van der Waals surface area contributed by atoms with Gasteiger partial charge in [0.2, 0.25) is 0 Å². The maximum atomic E-state index is 8.80.